The second-order valence-electron chi connectivity index (χ2n) is 15.7. The van der Waals surface area contributed by atoms with Gasteiger partial charge in [-0.15, -0.1) is 0 Å². The van der Waals surface area contributed by atoms with Crippen LogP contribution in [0, 0.1) is 0 Å². The zero-order valence-electron chi connectivity index (χ0n) is 37.1. The van der Waals surface area contributed by atoms with Gasteiger partial charge in [0.05, 0.1) is 19.8 Å². The average Bonchev–Trinajstić information content (AvgIpc) is 3.20. The van der Waals surface area contributed by atoms with E-state index >= 15 is 0 Å². The molecular formula is C46H57N2O14P. The molecule has 1 unspecified atom stereocenters. The molecule has 1 atom stereocenters. The number of aromatic hydroxyl groups is 2. The van der Waals surface area contributed by atoms with Crippen LogP contribution in [0.25, 0.3) is 6.08 Å². The molecule has 0 spiro atoms. The lowest BCUT2D eigenvalue weighted by atomic mass is 10.1. The number of hydrogen-bond donors (Lipinski definition) is 4. The Morgan fingerprint density at radius 1 is 0.651 bits per heavy atom. The third-order valence-corrected chi connectivity index (χ3v) is 9.25. The highest BCUT2D eigenvalue weighted by Gasteiger charge is 2.34. The quantitative estimate of drug-likeness (QED) is 0.0325. The fourth-order valence-electron chi connectivity index (χ4n) is 4.89. The van der Waals surface area contributed by atoms with Gasteiger partial charge in [0.25, 0.3) is 0 Å². The minimum absolute atomic E-state index is 0.0227. The third-order valence-electron chi connectivity index (χ3n) is 7.67. The lowest BCUT2D eigenvalue weighted by Crippen LogP contribution is -2.43. The highest BCUT2D eigenvalue weighted by molar-refractivity contribution is 7.64. The standard InChI is InChI=1S/C22H25NO6.C14H12O3.C10H20NO5P/c1-22(2,3)29-21(26)23-17(20(25)27-4)13-16-11-8-12-18(24)19(16)28-14-15-9-6-5-7-10-15;15-9-12-7-4-8-13(16)14(12)17-10-11-5-2-1-3-6-11;1-10(2,3)16-9(13)11-7(8(12)15-4)17(5,6)14/h5-13,24H,14H2,1-4H3,(H,23,26);1-9,16H,10H2;7H,1-6H3,(H,11,13)/b17-13-;;. The van der Waals surface area contributed by atoms with Crippen molar-refractivity contribution in [3.8, 4) is 23.0 Å². The summed E-state index contributed by atoms with van der Waals surface area (Å²) >= 11 is 0. The van der Waals surface area contributed by atoms with Crippen LogP contribution in [-0.2, 0) is 46.3 Å². The fraction of sp³-hybridized carbons (Fsp3) is 0.326. The Hall–Kier alpha value is -6.80. The molecule has 2 amide bonds. The molecule has 0 saturated carbocycles. The third kappa shape index (κ3) is 19.6. The number of rotatable bonds is 13. The molecule has 340 valence electrons. The predicted molar refractivity (Wildman–Crippen MR) is 237 cm³/mol. The number of hydrogen-bond acceptors (Lipinski definition) is 14. The summed E-state index contributed by atoms with van der Waals surface area (Å²) in [4.78, 5) is 57.9. The highest BCUT2D eigenvalue weighted by atomic mass is 31.2. The number of alkyl carbamates (subject to hydrolysis) is 2. The van der Waals surface area contributed by atoms with Gasteiger partial charge in [0, 0.05) is 5.56 Å². The number of methoxy groups -OCH3 is 2. The van der Waals surface area contributed by atoms with Gasteiger partial charge < -0.3 is 48.5 Å². The van der Waals surface area contributed by atoms with E-state index < -0.39 is 48.3 Å². The van der Waals surface area contributed by atoms with Crippen LogP contribution >= 0.6 is 7.14 Å². The molecule has 0 radical (unpaired) electrons. The fourth-order valence-corrected chi connectivity index (χ4v) is 5.92. The highest BCUT2D eigenvalue weighted by Crippen LogP contribution is 2.41. The Balaban J connectivity index is 0.000000346. The number of phenolic OH excluding ortho intramolecular Hbond substituents is 2. The molecule has 0 aromatic heterocycles. The maximum Gasteiger partial charge on any atom is 0.412 e. The van der Waals surface area contributed by atoms with Crippen molar-refractivity contribution in [3.63, 3.8) is 0 Å². The normalized spacial score (nSPS) is 11.7. The van der Waals surface area contributed by atoms with E-state index in [1.165, 1.54) is 45.8 Å². The molecule has 16 nitrogen and oxygen atoms in total. The molecule has 0 aliphatic carbocycles. The number of nitrogens with one attached hydrogen (secondary N) is 2. The van der Waals surface area contributed by atoms with E-state index in [4.69, 9.17) is 23.7 Å². The average molecular weight is 893 g/mol. The van der Waals surface area contributed by atoms with Crippen LogP contribution in [0.2, 0.25) is 0 Å². The lowest BCUT2D eigenvalue weighted by Gasteiger charge is -2.24. The van der Waals surface area contributed by atoms with Crippen molar-refractivity contribution in [1.29, 1.82) is 0 Å². The molecule has 4 aromatic rings. The van der Waals surface area contributed by atoms with Crippen molar-refractivity contribution in [1.82, 2.24) is 10.6 Å². The van der Waals surface area contributed by atoms with Crippen molar-refractivity contribution >= 4 is 43.6 Å². The van der Waals surface area contributed by atoms with E-state index in [1.807, 2.05) is 60.7 Å². The Morgan fingerprint density at radius 3 is 1.51 bits per heavy atom. The van der Waals surface area contributed by atoms with Crippen LogP contribution in [0.5, 0.6) is 23.0 Å². The second kappa shape index (κ2) is 24.6. The van der Waals surface area contributed by atoms with Gasteiger partial charge in [-0.05, 0) is 90.3 Å². The summed E-state index contributed by atoms with van der Waals surface area (Å²) in [5, 5.41) is 24.5. The molecular weight excluding hydrogens is 835 g/mol. The Kier molecular flexibility index (Phi) is 20.4. The van der Waals surface area contributed by atoms with E-state index in [9.17, 15) is 38.8 Å². The molecule has 4 N–H and O–H groups in total. The van der Waals surface area contributed by atoms with Gasteiger partial charge in [-0.25, -0.2) is 19.2 Å². The monoisotopic (exact) mass is 892 g/mol. The molecule has 17 heteroatoms. The maximum absolute atomic E-state index is 12.1. The molecule has 0 bridgehead atoms. The predicted octanol–water partition coefficient (Wildman–Crippen LogP) is 8.43. The van der Waals surface area contributed by atoms with Gasteiger partial charge in [-0.1, -0.05) is 78.9 Å². The van der Waals surface area contributed by atoms with Crippen molar-refractivity contribution in [3.05, 3.63) is 125 Å². The summed E-state index contributed by atoms with van der Waals surface area (Å²) in [5.74, 6) is -2.42. The van der Waals surface area contributed by atoms with Crippen LogP contribution in [0.4, 0.5) is 9.59 Å². The SMILES string of the molecule is COC(=O)/C(=C/c1cccc(O)c1OCc1ccccc1)NC(=O)OC(C)(C)C.COC(=O)C(NC(=O)OC(C)(C)C)P(C)(C)=O.O=Cc1cccc(O)c1OCc1ccccc1. The molecule has 4 aromatic carbocycles. The van der Waals surface area contributed by atoms with Crippen LogP contribution in [0.15, 0.2) is 103 Å². The number of amides is 2. The molecule has 0 heterocycles. The van der Waals surface area contributed by atoms with Crippen molar-refractivity contribution in [2.24, 2.45) is 0 Å². The summed E-state index contributed by atoms with van der Waals surface area (Å²) in [5.41, 5.74) is 1.05. The minimum atomic E-state index is -2.85. The topological polar surface area (TPSA) is 222 Å². The number of esters is 2. The number of phenols is 2. The van der Waals surface area contributed by atoms with Crippen molar-refractivity contribution in [2.45, 2.75) is 71.7 Å². The lowest BCUT2D eigenvalue weighted by molar-refractivity contribution is -0.141. The smallest absolute Gasteiger partial charge is 0.412 e. The van der Waals surface area contributed by atoms with Crippen LogP contribution < -0.4 is 20.1 Å². The Morgan fingerprint density at radius 2 is 1.10 bits per heavy atom. The molecule has 0 aliphatic heterocycles. The summed E-state index contributed by atoms with van der Waals surface area (Å²) in [6, 6.07) is 28.4. The van der Waals surface area contributed by atoms with Gasteiger partial charge >= 0.3 is 24.1 Å². The summed E-state index contributed by atoms with van der Waals surface area (Å²) in [6.45, 7) is 13.5. The van der Waals surface area contributed by atoms with Gasteiger partial charge in [0.2, 0.25) is 0 Å². The summed E-state index contributed by atoms with van der Waals surface area (Å²) in [6.07, 6.45) is 0.424. The molecule has 0 saturated heterocycles. The molecule has 0 aliphatic rings. The van der Waals surface area contributed by atoms with E-state index in [-0.39, 0.29) is 35.3 Å². The van der Waals surface area contributed by atoms with Gasteiger partial charge in [-0.2, -0.15) is 0 Å². The zero-order valence-corrected chi connectivity index (χ0v) is 38.0. The van der Waals surface area contributed by atoms with Crippen LogP contribution in [-0.4, -0.2) is 85.2 Å². The van der Waals surface area contributed by atoms with E-state index in [2.05, 4.69) is 15.4 Å². The first-order valence-corrected chi connectivity index (χ1v) is 22.0. The van der Waals surface area contributed by atoms with Crippen molar-refractivity contribution in [2.75, 3.05) is 27.5 Å². The zero-order chi connectivity index (χ0) is 47.4. The first-order valence-electron chi connectivity index (χ1n) is 19.3. The largest absolute Gasteiger partial charge is 0.504 e. The number of aldehydes is 1. The number of para-hydroxylation sites is 2. The van der Waals surface area contributed by atoms with E-state index in [0.717, 1.165) is 11.1 Å². The van der Waals surface area contributed by atoms with Gasteiger partial charge in [0.1, 0.15) is 37.3 Å². The Bertz CT molecular complexity index is 2210. The number of ether oxygens (including phenoxy) is 6. The molecule has 63 heavy (non-hydrogen) atoms. The van der Waals surface area contributed by atoms with E-state index in [0.29, 0.717) is 24.0 Å². The number of carbonyl (C=O) groups excluding carboxylic acids is 5. The van der Waals surface area contributed by atoms with Crippen LogP contribution in [0.3, 0.4) is 0 Å². The minimum Gasteiger partial charge on any atom is -0.504 e. The van der Waals surface area contributed by atoms with Crippen molar-refractivity contribution < 1.29 is 67.2 Å². The van der Waals surface area contributed by atoms with Gasteiger partial charge in [0.15, 0.2) is 35.1 Å². The first kappa shape index (κ1) is 52.3. The van der Waals surface area contributed by atoms with Crippen LogP contribution in [0.1, 0.15) is 68.6 Å². The molecule has 4 rings (SSSR count). The summed E-state index contributed by atoms with van der Waals surface area (Å²) in [7, 11) is -0.489. The Labute approximate surface area is 367 Å². The maximum atomic E-state index is 12.1. The first-order chi connectivity index (χ1) is 29.5. The number of benzene rings is 4. The second-order valence-corrected chi connectivity index (χ2v) is 19.1. The number of carbonyl (C=O) groups is 5. The van der Waals surface area contributed by atoms with Gasteiger partial charge in [-0.3, -0.25) is 10.1 Å². The summed E-state index contributed by atoms with van der Waals surface area (Å²) < 4.78 is 42.5. The molecule has 0 fully saturated rings. The van der Waals surface area contributed by atoms with E-state index in [1.54, 1.807) is 65.8 Å².